The number of nitro benzene ring substituents is 1. The first-order chi connectivity index (χ1) is 21.6. The third kappa shape index (κ3) is 6.70. The first-order valence-electron chi connectivity index (χ1n) is 14.3. The highest BCUT2D eigenvalue weighted by Gasteiger charge is 2.28. The smallest absolute Gasteiger partial charge is 0.297 e. The van der Waals surface area contributed by atoms with Crippen LogP contribution in [0.3, 0.4) is 0 Å². The second-order valence-corrected chi connectivity index (χ2v) is 11.5. The van der Waals surface area contributed by atoms with Crippen molar-refractivity contribution in [1.82, 2.24) is 19.8 Å². The molecule has 5 rings (SSSR count). The number of para-hydroxylation sites is 1. The predicted octanol–water partition coefficient (Wildman–Crippen LogP) is 5.65. The number of hydrogen-bond acceptors (Lipinski definition) is 10. The summed E-state index contributed by atoms with van der Waals surface area (Å²) in [4.78, 5) is 32.6. The van der Waals surface area contributed by atoms with Gasteiger partial charge in [0.1, 0.15) is 23.0 Å². The SMILES string of the molecule is COc1cc(OC)c(Cl)c(-c2cc3cnc(Nc4cccc(C5COCCN5)c4[N+](=O)[O-])cc3n(CCCN(C)C)c2=O)c1Cl. The lowest BCUT2D eigenvalue weighted by Crippen LogP contribution is -2.35. The Morgan fingerprint density at radius 1 is 1.18 bits per heavy atom. The zero-order valence-electron chi connectivity index (χ0n) is 25.4. The molecule has 2 aromatic carbocycles. The Labute approximate surface area is 270 Å². The van der Waals surface area contributed by atoms with Crippen molar-refractivity contribution in [3.8, 4) is 22.6 Å². The molecule has 0 spiro atoms. The van der Waals surface area contributed by atoms with Crippen LogP contribution in [0.15, 0.2) is 47.4 Å². The van der Waals surface area contributed by atoms with Crippen LogP contribution < -0.4 is 25.7 Å². The summed E-state index contributed by atoms with van der Waals surface area (Å²) in [6, 6.07) is 9.74. The number of anilines is 2. The van der Waals surface area contributed by atoms with Crippen LogP contribution in [0.5, 0.6) is 11.5 Å². The molecule has 0 aliphatic carbocycles. The largest absolute Gasteiger partial charge is 0.495 e. The number of rotatable bonds is 11. The molecule has 1 saturated heterocycles. The monoisotopic (exact) mass is 656 g/mol. The van der Waals surface area contributed by atoms with Crippen LogP contribution >= 0.6 is 23.2 Å². The van der Waals surface area contributed by atoms with Gasteiger partial charge in [-0.25, -0.2) is 4.98 Å². The number of aryl methyl sites for hydroxylation is 1. The van der Waals surface area contributed by atoms with Gasteiger partial charge < -0.3 is 34.3 Å². The molecule has 1 aliphatic heterocycles. The molecule has 1 fully saturated rings. The van der Waals surface area contributed by atoms with Gasteiger partial charge in [-0.15, -0.1) is 0 Å². The van der Waals surface area contributed by atoms with E-state index in [1.165, 1.54) is 14.2 Å². The van der Waals surface area contributed by atoms with E-state index in [-0.39, 0.29) is 44.1 Å². The van der Waals surface area contributed by atoms with Crippen molar-refractivity contribution in [3.63, 3.8) is 0 Å². The maximum absolute atomic E-state index is 14.2. The Morgan fingerprint density at radius 3 is 2.53 bits per heavy atom. The number of ether oxygens (including phenoxy) is 3. The lowest BCUT2D eigenvalue weighted by Gasteiger charge is -2.24. The van der Waals surface area contributed by atoms with E-state index in [1.54, 1.807) is 47.2 Å². The van der Waals surface area contributed by atoms with Crippen LogP contribution in [0, 0.1) is 10.1 Å². The van der Waals surface area contributed by atoms with Crippen LogP contribution in [-0.2, 0) is 11.3 Å². The Morgan fingerprint density at radius 2 is 1.91 bits per heavy atom. The predicted molar refractivity (Wildman–Crippen MR) is 176 cm³/mol. The second kappa shape index (κ2) is 14.0. The molecule has 0 radical (unpaired) electrons. The maximum atomic E-state index is 14.2. The van der Waals surface area contributed by atoms with Crippen LogP contribution in [-0.4, -0.2) is 74.0 Å². The van der Waals surface area contributed by atoms with Crippen molar-refractivity contribution >= 4 is 51.3 Å². The Hall–Kier alpha value is -3.94. The first-order valence-corrected chi connectivity index (χ1v) is 15.0. The Bertz CT molecular complexity index is 1760. The third-order valence-corrected chi connectivity index (χ3v) is 8.37. The van der Waals surface area contributed by atoms with E-state index in [9.17, 15) is 14.9 Å². The summed E-state index contributed by atoms with van der Waals surface area (Å²) < 4.78 is 18.1. The molecule has 0 saturated carbocycles. The third-order valence-electron chi connectivity index (χ3n) is 7.62. The summed E-state index contributed by atoms with van der Waals surface area (Å²) in [5, 5.41) is 19.7. The van der Waals surface area contributed by atoms with Crippen LogP contribution in [0.1, 0.15) is 18.0 Å². The van der Waals surface area contributed by atoms with Crippen LogP contribution in [0.4, 0.5) is 17.2 Å². The highest BCUT2D eigenvalue weighted by atomic mass is 35.5. The molecule has 1 unspecified atom stereocenters. The molecular weight excluding hydrogens is 623 g/mol. The van der Waals surface area contributed by atoms with Crippen molar-refractivity contribution in [2.75, 3.05) is 59.9 Å². The number of benzene rings is 2. The summed E-state index contributed by atoms with van der Waals surface area (Å²) >= 11 is 13.4. The second-order valence-electron chi connectivity index (χ2n) is 10.8. The average molecular weight is 658 g/mol. The fraction of sp³-hybridized carbons (Fsp3) is 0.355. The fourth-order valence-electron chi connectivity index (χ4n) is 5.46. The van der Waals surface area contributed by atoms with Crippen LogP contribution in [0.2, 0.25) is 10.0 Å². The van der Waals surface area contributed by atoms with E-state index < -0.39 is 4.92 Å². The minimum Gasteiger partial charge on any atom is -0.495 e. The van der Waals surface area contributed by atoms with Crippen molar-refractivity contribution in [1.29, 1.82) is 0 Å². The molecule has 0 amide bonds. The quantitative estimate of drug-likeness (QED) is 0.154. The molecule has 3 heterocycles. The van der Waals surface area contributed by atoms with E-state index in [1.807, 2.05) is 19.0 Å². The number of methoxy groups -OCH3 is 2. The Balaban J connectivity index is 1.64. The number of hydrogen-bond donors (Lipinski definition) is 2. The molecule has 1 atom stereocenters. The van der Waals surface area contributed by atoms with Gasteiger partial charge in [0.2, 0.25) is 0 Å². The van der Waals surface area contributed by atoms with Gasteiger partial charge >= 0.3 is 0 Å². The standard InChI is InChI=1S/C31H34Cl2N6O6/c1-37(2)10-6-11-38-23-14-26(36-21-8-5-7-19(30(21)39(41)42)22-17-45-12-9-34-22)35-16-18(23)13-20(31(38)40)27-28(32)24(43-3)15-25(44-4)29(27)33/h5,7-8,13-16,22,34H,6,9-12,17H2,1-4H3,(H,35,36). The lowest BCUT2D eigenvalue weighted by molar-refractivity contribution is -0.384. The topological polar surface area (TPSA) is 133 Å². The van der Waals surface area contributed by atoms with Crippen LogP contribution in [0.25, 0.3) is 22.0 Å². The number of nitrogens with one attached hydrogen (secondary N) is 2. The number of aromatic nitrogens is 2. The molecule has 0 bridgehead atoms. The normalized spacial score (nSPS) is 15.0. The number of nitro groups is 1. The highest BCUT2D eigenvalue weighted by molar-refractivity contribution is 6.41. The molecule has 45 heavy (non-hydrogen) atoms. The number of fused-ring (bicyclic) bond motifs is 1. The average Bonchev–Trinajstić information content (AvgIpc) is 3.03. The molecule has 4 aromatic rings. The summed E-state index contributed by atoms with van der Waals surface area (Å²) in [6.07, 6.45) is 2.28. The number of halogens is 2. The number of nitrogens with zero attached hydrogens (tertiary/aromatic N) is 4. The van der Waals surface area contributed by atoms with Gasteiger partial charge in [-0.1, -0.05) is 35.3 Å². The summed E-state index contributed by atoms with van der Waals surface area (Å²) in [6.45, 7) is 2.58. The van der Waals surface area contributed by atoms with E-state index in [0.29, 0.717) is 66.5 Å². The zero-order valence-corrected chi connectivity index (χ0v) is 26.9. The molecule has 12 nitrogen and oxygen atoms in total. The minimum absolute atomic E-state index is 0.0719. The van der Waals surface area contributed by atoms with E-state index in [4.69, 9.17) is 37.4 Å². The molecule has 14 heteroatoms. The summed E-state index contributed by atoms with van der Waals surface area (Å²) in [5.74, 6) is 0.953. The van der Waals surface area contributed by atoms with E-state index in [2.05, 4.69) is 15.6 Å². The highest BCUT2D eigenvalue weighted by Crippen LogP contribution is 2.45. The first kappa shape index (κ1) is 32.5. The van der Waals surface area contributed by atoms with Gasteiger partial charge in [-0.2, -0.15) is 0 Å². The van der Waals surface area contributed by atoms with Crippen molar-refractivity contribution < 1.29 is 19.1 Å². The van der Waals surface area contributed by atoms with Crippen molar-refractivity contribution in [3.05, 3.63) is 78.7 Å². The van der Waals surface area contributed by atoms with Gasteiger partial charge in [-0.3, -0.25) is 14.9 Å². The van der Waals surface area contributed by atoms with Crippen molar-refractivity contribution in [2.45, 2.75) is 19.0 Å². The Kier molecular flexibility index (Phi) is 10.1. The van der Waals surface area contributed by atoms with Gasteiger partial charge in [0.25, 0.3) is 11.2 Å². The lowest BCUT2D eigenvalue weighted by atomic mass is 10.0. The van der Waals surface area contributed by atoms with E-state index in [0.717, 1.165) is 6.54 Å². The van der Waals surface area contributed by atoms with Gasteiger partial charge in [0.15, 0.2) is 0 Å². The summed E-state index contributed by atoms with van der Waals surface area (Å²) in [7, 11) is 6.86. The molecular formula is C31H34Cl2N6O6. The number of pyridine rings is 2. The van der Waals surface area contributed by atoms with E-state index >= 15 is 0 Å². The number of morpholine rings is 1. The minimum atomic E-state index is -0.408. The van der Waals surface area contributed by atoms with Crippen molar-refractivity contribution in [2.24, 2.45) is 0 Å². The molecule has 2 N–H and O–H groups in total. The summed E-state index contributed by atoms with van der Waals surface area (Å²) in [5.41, 5.74) is 1.52. The fourth-order valence-corrected chi connectivity index (χ4v) is 6.16. The molecule has 238 valence electrons. The van der Waals surface area contributed by atoms with Gasteiger partial charge in [-0.05, 0) is 39.2 Å². The molecule has 2 aromatic heterocycles. The van der Waals surface area contributed by atoms with Gasteiger partial charge in [0.05, 0.1) is 65.1 Å². The van der Waals surface area contributed by atoms with Gasteiger partial charge in [0, 0.05) is 42.4 Å². The molecule has 1 aliphatic rings. The zero-order chi connectivity index (χ0) is 32.2. The maximum Gasteiger partial charge on any atom is 0.297 e.